The highest BCUT2D eigenvalue weighted by molar-refractivity contribution is 7.07. The van der Waals surface area contributed by atoms with Gasteiger partial charge in [-0.15, -0.1) is 16.4 Å². The van der Waals surface area contributed by atoms with Crippen LogP contribution in [0.4, 0.5) is 5.82 Å². The van der Waals surface area contributed by atoms with E-state index in [1.165, 1.54) is 12.8 Å². The summed E-state index contributed by atoms with van der Waals surface area (Å²) in [6.07, 6.45) is 4.17. The number of rotatable bonds is 5. The van der Waals surface area contributed by atoms with Gasteiger partial charge in [0.25, 0.3) is 0 Å². The number of anilines is 1. The van der Waals surface area contributed by atoms with Gasteiger partial charge in [-0.25, -0.2) is 4.98 Å². The Kier molecular flexibility index (Phi) is 4.22. The van der Waals surface area contributed by atoms with E-state index in [-0.39, 0.29) is 0 Å². The summed E-state index contributed by atoms with van der Waals surface area (Å²) in [5.74, 6) is 0.997. The van der Waals surface area contributed by atoms with Gasteiger partial charge in [0.1, 0.15) is 0 Å². The summed E-state index contributed by atoms with van der Waals surface area (Å²) < 4.78 is 0. The molecule has 0 bridgehead atoms. The molecule has 0 aromatic carbocycles. The fraction of sp³-hybridized carbons (Fsp3) is 0.500. The SMILES string of the molecule is CN(Cc1cscn1)C[C@@H]1CCCN1c1cccnn1. The van der Waals surface area contributed by atoms with Crippen LogP contribution in [0.15, 0.2) is 29.2 Å². The van der Waals surface area contributed by atoms with Crippen molar-refractivity contribution in [2.45, 2.75) is 25.4 Å². The zero-order valence-corrected chi connectivity index (χ0v) is 12.5. The van der Waals surface area contributed by atoms with Crippen LogP contribution in [0.25, 0.3) is 0 Å². The lowest BCUT2D eigenvalue weighted by Crippen LogP contribution is -2.39. The normalized spacial score (nSPS) is 18.9. The third-order valence-electron chi connectivity index (χ3n) is 3.67. The van der Waals surface area contributed by atoms with Gasteiger partial charge in [0.15, 0.2) is 5.82 Å². The number of likely N-dealkylation sites (N-methyl/N-ethyl adjacent to an activating group) is 1. The van der Waals surface area contributed by atoms with Gasteiger partial charge in [0.2, 0.25) is 0 Å². The van der Waals surface area contributed by atoms with Crippen LogP contribution in [0.3, 0.4) is 0 Å². The van der Waals surface area contributed by atoms with E-state index < -0.39 is 0 Å². The molecule has 0 radical (unpaired) electrons. The zero-order valence-electron chi connectivity index (χ0n) is 11.6. The quantitative estimate of drug-likeness (QED) is 0.843. The summed E-state index contributed by atoms with van der Waals surface area (Å²) in [5, 5.41) is 10.3. The predicted molar refractivity (Wildman–Crippen MR) is 80.8 cm³/mol. The second kappa shape index (κ2) is 6.28. The molecule has 0 amide bonds. The molecule has 20 heavy (non-hydrogen) atoms. The Morgan fingerprint density at radius 3 is 3.20 bits per heavy atom. The Morgan fingerprint density at radius 2 is 2.45 bits per heavy atom. The maximum Gasteiger partial charge on any atom is 0.151 e. The van der Waals surface area contributed by atoms with Gasteiger partial charge in [-0.2, -0.15) is 5.10 Å². The van der Waals surface area contributed by atoms with Crippen LogP contribution in [-0.2, 0) is 6.54 Å². The molecule has 1 saturated heterocycles. The Bertz CT molecular complexity index is 516. The number of hydrogen-bond donors (Lipinski definition) is 0. The van der Waals surface area contributed by atoms with Crippen LogP contribution in [0.1, 0.15) is 18.5 Å². The summed E-state index contributed by atoms with van der Waals surface area (Å²) in [4.78, 5) is 9.07. The molecule has 0 spiro atoms. The molecule has 0 saturated carbocycles. The van der Waals surface area contributed by atoms with Crippen molar-refractivity contribution >= 4 is 17.2 Å². The van der Waals surface area contributed by atoms with Crippen LogP contribution < -0.4 is 4.90 Å². The molecule has 0 N–H and O–H groups in total. The maximum absolute atomic E-state index is 4.35. The third kappa shape index (κ3) is 3.13. The number of hydrogen-bond acceptors (Lipinski definition) is 6. The van der Waals surface area contributed by atoms with Crippen molar-refractivity contribution < 1.29 is 0 Å². The van der Waals surface area contributed by atoms with Gasteiger partial charge in [0.05, 0.1) is 11.2 Å². The summed E-state index contributed by atoms with van der Waals surface area (Å²) in [5.41, 5.74) is 3.05. The summed E-state index contributed by atoms with van der Waals surface area (Å²) in [7, 11) is 2.16. The molecule has 2 aromatic rings. The van der Waals surface area contributed by atoms with Gasteiger partial charge in [0, 0.05) is 37.3 Å². The molecule has 3 heterocycles. The largest absolute Gasteiger partial charge is 0.351 e. The first kappa shape index (κ1) is 13.5. The topological polar surface area (TPSA) is 45.2 Å². The molecule has 2 aromatic heterocycles. The van der Waals surface area contributed by atoms with E-state index in [0.717, 1.165) is 31.1 Å². The summed E-state index contributed by atoms with van der Waals surface area (Å²) in [6.45, 7) is 3.02. The molecule has 6 heteroatoms. The summed E-state index contributed by atoms with van der Waals surface area (Å²) >= 11 is 1.66. The van der Waals surface area contributed by atoms with Crippen molar-refractivity contribution in [3.8, 4) is 0 Å². The average Bonchev–Trinajstić information content (AvgIpc) is 3.11. The van der Waals surface area contributed by atoms with Gasteiger partial charge >= 0.3 is 0 Å². The monoisotopic (exact) mass is 289 g/mol. The Labute approximate surface area is 123 Å². The van der Waals surface area contributed by atoms with Crippen molar-refractivity contribution in [1.29, 1.82) is 0 Å². The minimum absolute atomic E-state index is 0.523. The molecule has 1 aliphatic rings. The van der Waals surface area contributed by atoms with E-state index in [2.05, 4.69) is 37.4 Å². The molecule has 106 valence electrons. The number of aromatic nitrogens is 3. The highest BCUT2D eigenvalue weighted by Gasteiger charge is 2.26. The molecular formula is C14H19N5S. The van der Waals surface area contributed by atoms with Crippen molar-refractivity contribution in [2.75, 3.05) is 25.0 Å². The van der Waals surface area contributed by atoms with Crippen LogP contribution in [0.2, 0.25) is 0 Å². The molecule has 1 atom stereocenters. The van der Waals surface area contributed by atoms with Crippen LogP contribution in [0, 0.1) is 0 Å². The fourth-order valence-corrected chi connectivity index (χ4v) is 3.34. The molecule has 1 aliphatic heterocycles. The van der Waals surface area contributed by atoms with Crippen molar-refractivity contribution in [3.63, 3.8) is 0 Å². The Balaban J connectivity index is 1.61. The van der Waals surface area contributed by atoms with E-state index in [4.69, 9.17) is 0 Å². The Morgan fingerprint density at radius 1 is 1.50 bits per heavy atom. The zero-order chi connectivity index (χ0) is 13.8. The fourth-order valence-electron chi connectivity index (χ4n) is 2.79. The first-order chi connectivity index (χ1) is 9.83. The van der Waals surface area contributed by atoms with Crippen molar-refractivity contribution in [3.05, 3.63) is 34.9 Å². The van der Waals surface area contributed by atoms with E-state index in [1.54, 1.807) is 17.5 Å². The van der Waals surface area contributed by atoms with Crippen molar-refractivity contribution in [1.82, 2.24) is 20.1 Å². The van der Waals surface area contributed by atoms with Crippen LogP contribution in [-0.4, -0.2) is 46.3 Å². The van der Waals surface area contributed by atoms with Crippen LogP contribution >= 0.6 is 11.3 Å². The molecule has 5 nitrogen and oxygen atoms in total. The average molecular weight is 289 g/mol. The second-order valence-electron chi connectivity index (χ2n) is 5.25. The Hall–Kier alpha value is -1.53. The molecule has 1 fully saturated rings. The summed E-state index contributed by atoms with van der Waals surface area (Å²) in [6, 6.07) is 4.53. The molecule has 0 unspecified atom stereocenters. The van der Waals surface area contributed by atoms with Gasteiger partial charge < -0.3 is 4.90 Å². The lowest BCUT2D eigenvalue weighted by Gasteiger charge is -2.28. The van der Waals surface area contributed by atoms with E-state index in [9.17, 15) is 0 Å². The van der Waals surface area contributed by atoms with Crippen molar-refractivity contribution in [2.24, 2.45) is 0 Å². The smallest absolute Gasteiger partial charge is 0.151 e. The van der Waals surface area contributed by atoms with Gasteiger partial charge in [-0.3, -0.25) is 4.90 Å². The highest BCUT2D eigenvalue weighted by Crippen LogP contribution is 2.23. The third-order valence-corrected chi connectivity index (χ3v) is 4.30. The lowest BCUT2D eigenvalue weighted by molar-refractivity contribution is 0.300. The molecule has 0 aliphatic carbocycles. The van der Waals surface area contributed by atoms with Crippen LogP contribution in [0.5, 0.6) is 0 Å². The standard InChI is InChI=1S/C14H19N5S/c1-18(8-12-10-20-11-15-12)9-13-4-3-7-19(13)14-5-2-6-16-17-14/h2,5-6,10-11,13H,3-4,7-9H2,1H3/t13-/m0/s1. The maximum atomic E-state index is 4.35. The first-order valence-electron chi connectivity index (χ1n) is 6.93. The minimum atomic E-state index is 0.523. The minimum Gasteiger partial charge on any atom is -0.351 e. The molecular weight excluding hydrogens is 270 g/mol. The van der Waals surface area contributed by atoms with E-state index in [0.29, 0.717) is 6.04 Å². The van der Waals surface area contributed by atoms with E-state index in [1.807, 2.05) is 17.6 Å². The predicted octanol–water partition coefficient (Wildman–Crippen LogP) is 2.03. The first-order valence-corrected chi connectivity index (χ1v) is 7.87. The van der Waals surface area contributed by atoms with Gasteiger partial charge in [-0.1, -0.05) is 0 Å². The second-order valence-corrected chi connectivity index (χ2v) is 5.97. The number of thiazole rings is 1. The number of nitrogens with zero attached hydrogens (tertiary/aromatic N) is 5. The highest BCUT2D eigenvalue weighted by atomic mass is 32.1. The van der Waals surface area contributed by atoms with Gasteiger partial charge in [-0.05, 0) is 32.0 Å². The molecule has 3 rings (SSSR count). The van der Waals surface area contributed by atoms with E-state index >= 15 is 0 Å². The lowest BCUT2D eigenvalue weighted by atomic mass is 10.2.